The SMILES string of the molecule is C/C=C/Cn1cnc2c(O)c(Cl)cc(Cl)c2c1=O. The fourth-order valence-electron chi connectivity index (χ4n) is 1.60. The number of fused-ring (bicyclic) bond motifs is 1. The van der Waals surface area contributed by atoms with Crippen LogP contribution >= 0.6 is 23.2 Å². The number of rotatable bonds is 2. The molecule has 2 aromatic rings. The minimum atomic E-state index is -0.310. The zero-order valence-corrected chi connectivity index (χ0v) is 11.0. The summed E-state index contributed by atoms with van der Waals surface area (Å²) >= 11 is 11.8. The van der Waals surface area contributed by atoms with Crippen molar-refractivity contribution in [2.24, 2.45) is 0 Å². The third kappa shape index (κ3) is 2.09. The Morgan fingerprint density at radius 1 is 1.44 bits per heavy atom. The van der Waals surface area contributed by atoms with Gasteiger partial charge in [0, 0.05) is 6.54 Å². The zero-order valence-electron chi connectivity index (χ0n) is 9.52. The fourth-order valence-corrected chi connectivity index (χ4v) is 2.13. The topological polar surface area (TPSA) is 55.1 Å². The van der Waals surface area contributed by atoms with Gasteiger partial charge in [0.1, 0.15) is 5.52 Å². The van der Waals surface area contributed by atoms with Gasteiger partial charge >= 0.3 is 0 Å². The Bertz CT molecular complexity index is 693. The molecule has 1 N–H and O–H groups in total. The summed E-state index contributed by atoms with van der Waals surface area (Å²) in [6.07, 6.45) is 5.01. The molecular weight excluding hydrogens is 275 g/mol. The van der Waals surface area contributed by atoms with Crippen LogP contribution in [0.2, 0.25) is 10.0 Å². The molecule has 0 fully saturated rings. The van der Waals surface area contributed by atoms with Crippen molar-refractivity contribution >= 4 is 34.1 Å². The molecule has 0 aliphatic carbocycles. The molecule has 0 aliphatic heterocycles. The van der Waals surface area contributed by atoms with E-state index >= 15 is 0 Å². The molecule has 0 amide bonds. The predicted molar refractivity (Wildman–Crippen MR) is 72.5 cm³/mol. The number of allylic oxidation sites excluding steroid dienone is 2. The summed E-state index contributed by atoms with van der Waals surface area (Å²) in [7, 11) is 0. The Labute approximate surface area is 113 Å². The van der Waals surface area contributed by atoms with Gasteiger partial charge < -0.3 is 5.11 Å². The Morgan fingerprint density at radius 3 is 2.83 bits per heavy atom. The molecule has 0 bridgehead atoms. The van der Waals surface area contributed by atoms with Gasteiger partial charge in [-0.05, 0) is 13.0 Å². The van der Waals surface area contributed by atoms with Crippen molar-refractivity contribution in [1.82, 2.24) is 9.55 Å². The lowest BCUT2D eigenvalue weighted by molar-refractivity contribution is 0.480. The predicted octanol–water partition coefficient (Wildman–Crippen LogP) is 2.99. The number of phenolic OH excluding ortho intramolecular Hbond substituents is 1. The summed E-state index contributed by atoms with van der Waals surface area (Å²) in [4.78, 5) is 16.2. The number of aromatic hydroxyl groups is 1. The van der Waals surface area contributed by atoms with E-state index in [9.17, 15) is 9.90 Å². The number of hydrogen-bond acceptors (Lipinski definition) is 3. The molecule has 0 saturated heterocycles. The first kappa shape index (κ1) is 12.9. The van der Waals surface area contributed by atoms with Crippen LogP contribution in [0, 0.1) is 0 Å². The molecule has 1 aromatic heterocycles. The molecule has 0 saturated carbocycles. The molecule has 1 aromatic carbocycles. The van der Waals surface area contributed by atoms with Gasteiger partial charge in [-0.2, -0.15) is 0 Å². The molecule has 18 heavy (non-hydrogen) atoms. The summed E-state index contributed by atoms with van der Waals surface area (Å²) < 4.78 is 1.40. The Morgan fingerprint density at radius 2 is 2.17 bits per heavy atom. The molecule has 6 heteroatoms. The smallest absolute Gasteiger partial charge is 0.263 e. The van der Waals surface area contributed by atoms with E-state index in [0.717, 1.165) is 0 Å². The Kier molecular flexibility index (Phi) is 3.59. The zero-order chi connectivity index (χ0) is 13.3. The lowest BCUT2D eigenvalue weighted by Gasteiger charge is -2.07. The highest BCUT2D eigenvalue weighted by Gasteiger charge is 2.14. The highest BCUT2D eigenvalue weighted by atomic mass is 35.5. The molecule has 0 radical (unpaired) electrons. The van der Waals surface area contributed by atoms with Crippen LogP contribution < -0.4 is 5.56 Å². The van der Waals surface area contributed by atoms with E-state index in [4.69, 9.17) is 23.2 Å². The largest absolute Gasteiger partial charge is 0.504 e. The molecule has 1 heterocycles. The monoisotopic (exact) mass is 284 g/mol. The molecule has 0 spiro atoms. The van der Waals surface area contributed by atoms with Gasteiger partial charge in [0.15, 0.2) is 5.75 Å². The first-order valence-corrected chi connectivity index (χ1v) is 5.99. The minimum absolute atomic E-state index is 0.0746. The summed E-state index contributed by atoms with van der Waals surface area (Å²) in [6.45, 7) is 2.26. The highest BCUT2D eigenvalue weighted by molar-refractivity contribution is 6.39. The first-order valence-electron chi connectivity index (χ1n) is 5.23. The first-order chi connectivity index (χ1) is 8.56. The van der Waals surface area contributed by atoms with E-state index in [1.165, 1.54) is 17.0 Å². The van der Waals surface area contributed by atoms with Crippen LogP contribution in [-0.2, 0) is 6.54 Å². The summed E-state index contributed by atoms with van der Waals surface area (Å²) in [5, 5.41) is 10.2. The summed E-state index contributed by atoms with van der Waals surface area (Å²) in [5.41, 5.74) is -0.190. The minimum Gasteiger partial charge on any atom is -0.504 e. The molecule has 94 valence electrons. The van der Waals surface area contributed by atoms with E-state index in [2.05, 4.69) is 4.98 Å². The van der Waals surface area contributed by atoms with Crippen molar-refractivity contribution in [2.75, 3.05) is 0 Å². The average Bonchev–Trinajstić information content (AvgIpc) is 2.34. The third-order valence-corrected chi connectivity index (χ3v) is 3.10. The number of phenols is 1. The number of halogens is 2. The van der Waals surface area contributed by atoms with Crippen LogP contribution in [0.4, 0.5) is 0 Å². The number of hydrogen-bond donors (Lipinski definition) is 1. The van der Waals surface area contributed by atoms with Crippen molar-refractivity contribution in [3.05, 3.63) is 44.9 Å². The summed E-state index contributed by atoms with van der Waals surface area (Å²) in [5.74, 6) is -0.230. The van der Waals surface area contributed by atoms with Crippen LogP contribution in [-0.4, -0.2) is 14.7 Å². The van der Waals surface area contributed by atoms with E-state index in [1.54, 1.807) is 0 Å². The van der Waals surface area contributed by atoms with Crippen LogP contribution in [0.5, 0.6) is 5.75 Å². The van der Waals surface area contributed by atoms with Crippen LogP contribution in [0.3, 0.4) is 0 Å². The van der Waals surface area contributed by atoms with Crippen molar-refractivity contribution in [2.45, 2.75) is 13.5 Å². The number of benzene rings is 1. The highest BCUT2D eigenvalue weighted by Crippen LogP contribution is 2.34. The molecule has 0 unspecified atom stereocenters. The van der Waals surface area contributed by atoms with Crippen molar-refractivity contribution in [1.29, 1.82) is 0 Å². The van der Waals surface area contributed by atoms with Gasteiger partial charge in [0.05, 0.1) is 21.8 Å². The van der Waals surface area contributed by atoms with E-state index < -0.39 is 0 Å². The second-order valence-electron chi connectivity index (χ2n) is 3.68. The number of aromatic nitrogens is 2. The Hall–Kier alpha value is -1.52. The maximum absolute atomic E-state index is 12.2. The lowest BCUT2D eigenvalue weighted by Crippen LogP contribution is -2.20. The molecule has 0 atom stereocenters. The van der Waals surface area contributed by atoms with E-state index in [1.807, 2.05) is 19.1 Å². The van der Waals surface area contributed by atoms with Crippen LogP contribution in [0.1, 0.15) is 6.92 Å². The second kappa shape index (κ2) is 5.00. The Balaban J connectivity index is 2.79. The molecule has 2 rings (SSSR count). The average molecular weight is 285 g/mol. The van der Waals surface area contributed by atoms with Gasteiger partial charge in [-0.15, -0.1) is 0 Å². The fraction of sp³-hybridized carbons (Fsp3) is 0.167. The third-order valence-electron chi connectivity index (χ3n) is 2.52. The second-order valence-corrected chi connectivity index (χ2v) is 4.50. The standard InChI is InChI=1S/C12H10Cl2N2O2/c1-2-3-4-16-6-15-10-9(12(16)18)7(13)5-8(14)11(10)17/h2-3,5-6,17H,4H2,1H3/b3-2+. The lowest BCUT2D eigenvalue weighted by atomic mass is 10.2. The maximum atomic E-state index is 12.2. The van der Waals surface area contributed by atoms with Gasteiger partial charge in [-0.1, -0.05) is 35.4 Å². The van der Waals surface area contributed by atoms with E-state index in [-0.39, 0.29) is 32.3 Å². The summed E-state index contributed by atoms with van der Waals surface area (Å²) in [6, 6.07) is 1.34. The molecule has 0 aliphatic rings. The maximum Gasteiger partial charge on any atom is 0.263 e. The normalized spacial score (nSPS) is 11.5. The van der Waals surface area contributed by atoms with E-state index in [0.29, 0.717) is 6.54 Å². The van der Waals surface area contributed by atoms with Crippen molar-refractivity contribution < 1.29 is 5.11 Å². The van der Waals surface area contributed by atoms with Crippen molar-refractivity contribution in [3.8, 4) is 5.75 Å². The quantitative estimate of drug-likeness (QED) is 0.863. The molecule has 4 nitrogen and oxygen atoms in total. The number of nitrogens with zero attached hydrogens (tertiary/aromatic N) is 2. The van der Waals surface area contributed by atoms with Gasteiger partial charge in [-0.3, -0.25) is 9.36 Å². The van der Waals surface area contributed by atoms with Crippen LogP contribution in [0.25, 0.3) is 10.9 Å². The van der Waals surface area contributed by atoms with Gasteiger partial charge in [-0.25, -0.2) is 4.98 Å². The molecular formula is C12H10Cl2N2O2. The van der Waals surface area contributed by atoms with Crippen molar-refractivity contribution in [3.63, 3.8) is 0 Å². The van der Waals surface area contributed by atoms with Gasteiger partial charge in [0.2, 0.25) is 0 Å². The van der Waals surface area contributed by atoms with Crippen LogP contribution in [0.15, 0.2) is 29.3 Å². The van der Waals surface area contributed by atoms with Gasteiger partial charge in [0.25, 0.3) is 5.56 Å².